The second kappa shape index (κ2) is 5.17. The van der Waals surface area contributed by atoms with Gasteiger partial charge in [0.1, 0.15) is 5.65 Å². The first kappa shape index (κ1) is 13.0. The minimum Gasteiger partial charge on any atom is -0.282 e. The molecule has 0 bridgehead atoms. The van der Waals surface area contributed by atoms with Crippen molar-refractivity contribution in [3.05, 3.63) is 58.3 Å². The number of rotatable bonds is 2. The van der Waals surface area contributed by atoms with Crippen LogP contribution in [0.3, 0.4) is 0 Å². The molecule has 0 fully saturated rings. The summed E-state index contributed by atoms with van der Waals surface area (Å²) in [6.07, 6.45) is 1.95. The average Bonchev–Trinajstić information content (AvgIpc) is 2.73. The first-order chi connectivity index (χ1) is 9.65. The molecule has 0 aliphatic carbocycles. The normalized spacial score (nSPS) is 11.6. The summed E-state index contributed by atoms with van der Waals surface area (Å²) in [6.45, 7) is 3.96. The van der Waals surface area contributed by atoms with Gasteiger partial charge in [-0.3, -0.25) is 4.40 Å². The molecule has 0 saturated carbocycles. The fourth-order valence-electron chi connectivity index (χ4n) is 2.02. The van der Waals surface area contributed by atoms with Crippen LogP contribution < -0.4 is 0 Å². The number of halogens is 1. The number of hydrogen-bond acceptors (Lipinski definition) is 3. The maximum Gasteiger partial charge on any atom is 0.182 e. The van der Waals surface area contributed by atoms with Crippen LogP contribution in [-0.4, -0.2) is 9.38 Å². The topological polar surface area (TPSA) is 42.0 Å². The Bertz CT molecular complexity index is 805. The zero-order chi connectivity index (χ0) is 14.1. The lowest BCUT2D eigenvalue weighted by atomic mass is 10.2. The van der Waals surface area contributed by atoms with E-state index in [1.807, 2.05) is 60.8 Å². The third-order valence-corrected chi connectivity index (χ3v) is 3.56. The maximum absolute atomic E-state index is 4.48. The third kappa shape index (κ3) is 2.36. The van der Waals surface area contributed by atoms with Gasteiger partial charge >= 0.3 is 0 Å². The molecule has 0 aliphatic heterocycles. The molecule has 4 nitrogen and oxygen atoms in total. The van der Waals surface area contributed by atoms with Gasteiger partial charge in [0.2, 0.25) is 0 Å². The number of azo groups is 1. The molecule has 0 atom stereocenters. The van der Waals surface area contributed by atoms with E-state index in [0.29, 0.717) is 0 Å². The van der Waals surface area contributed by atoms with Crippen LogP contribution in [0.4, 0.5) is 11.5 Å². The lowest BCUT2D eigenvalue weighted by Crippen LogP contribution is -1.83. The number of imidazole rings is 1. The van der Waals surface area contributed by atoms with Crippen LogP contribution in [0.1, 0.15) is 11.3 Å². The monoisotopic (exact) mass is 328 g/mol. The van der Waals surface area contributed by atoms with E-state index in [-0.39, 0.29) is 0 Å². The standard InChI is InChI=1S/C15H13BrN4/c1-10-5-3-4-6-13(10)18-19-15-11(2)17-14-8-7-12(16)9-20(14)15/h3-9H,1-2H3. The number of fused-ring (bicyclic) bond motifs is 1. The summed E-state index contributed by atoms with van der Waals surface area (Å²) < 4.78 is 2.91. The Hall–Kier alpha value is -2.01. The van der Waals surface area contributed by atoms with Gasteiger partial charge in [-0.2, -0.15) is 0 Å². The highest BCUT2D eigenvalue weighted by atomic mass is 79.9. The summed E-state index contributed by atoms with van der Waals surface area (Å²) in [7, 11) is 0. The van der Waals surface area contributed by atoms with Crippen molar-refractivity contribution in [1.82, 2.24) is 9.38 Å². The second-order valence-electron chi connectivity index (χ2n) is 4.58. The number of hydrogen-bond donors (Lipinski definition) is 0. The van der Waals surface area contributed by atoms with Crippen LogP contribution in [0.2, 0.25) is 0 Å². The summed E-state index contributed by atoms with van der Waals surface area (Å²) in [6, 6.07) is 11.8. The molecule has 0 N–H and O–H groups in total. The molecule has 0 spiro atoms. The summed E-state index contributed by atoms with van der Waals surface area (Å²) in [4.78, 5) is 4.48. The molecule has 0 aliphatic rings. The predicted octanol–water partition coefficient (Wildman–Crippen LogP) is 5.13. The van der Waals surface area contributed by atoms with Crippen LogP contribution in [0.15, 0.2) is 57.3 Å². The van der Waals surface area contributed by atoms with Gasteiger partial charge in [-0.25, -0.2) is 4.98 Å². The highest BCUT2D eigenvalue weighted by Gasteiger charge is 2.08. The Labute approximate surface area is 125 Å². The molecular formula is C15H13BrN4. The minimum absolute atomic E-state index is 0.754. The van der Waals surface area contributed by atoms with Crippen LogP contribution in [0, 0.1) is 13.8 Å². The second-order valence-corrected chi connectivity index (χ2v) is 5.50. The molecule has 5 heteroatoms. The first-order valence-electron chi connectivity index (χ1n) is 6.27. The van der Waals surface area contributed by atoms with Crippen LogP contribution in [0.25, 0.3) is 5.65 Å². The van der Waals surface area contributed by atoms with Crippen molar-refractivity contribution in [1.29, 1.82) is 0 Å². The van der Waals surface area contributed by atoms with Crippen molar-refractivity contribution in [2.45, 2.75) is 13.8 Å². The maximum atomic E-state index is 4.48. The number of aryl methyl sites for hydroxylation is 2. The summed E-state index contributed by atoms with van der Waals surface area (Å²) >= 11 is 3.46. The summed E-state index contributed by atoms with van der Waals surface area (Å²) in [5.41, 5.74) is 3.70. The van der Waals surface area contributed by atoms with Crippen LogP contribution in [0.5, 0.6) is 0 Å². The van der Waals surface area contributed by atoms with E-state index in [2.05, 4.69) is 31.1 Å². The van der Waals surface area contributed by atoms with Gasteiger partial charge in [-0.1, -0.05) is 18.2 Å². The predicted molar refractivity (Wildman–Crippen MR) is 83.0 cm³/mol. The molecule has 2 heterocycles. The zero-order valence-electron chi connectivity index (χ0n) is 11.2. The number of nitrogens with zero attached hydrogens (tertiary/aromatic N) is 4. The fourth-order valence-corrected chi connectivity index (χ4v) is 2.36. The molecule has 0 radical (unpaired) electrons. The SMILES string of the molecule is Cc1ccccc1N=Nc1c(C)nc2ccc(Br)cn12. The first-order valence-corrected chi connectivity index (χ1v) is 7.06. The summed E-state index contributed by atoms with van der Waals surface area (Å²) in [5.74, 6) is 0.754. The van der Waals surface area contributed by atoms with Crippen molar-refractivity contribution < 1.29 is 0 Å². The molecule has 0 amide bonds. The van der Waals surface area contributed by atoms with Crippen molar-refractivity contribution in [3.63, 3.8) is 0 Å². The lowest BCUT2D eigenvalue weighted by molar-refractivity contribution is 1.08. The molecular weight excluding hydrogens is 316 g/mol. The number of aromatic nitrogens is 2. The van der Waals surface area contributed by atoms with E-state index in [9.17, 15) is 0 Å². The van der Waals surface area contributed by atoms with E-state index in [1.165, 1.54) is 0 Å². The Morgan fingerprint density at radius 3 is 2.65 bits per heavy atom. The highest BCUT2D eigenvalue weighted by Crippen LogP contribution is 2.26. The van der Waals surface area contributed by atoms with Gasteiger partial charge in [-0.05, 0) is 53.5 Å². The van der Waals surface area contributed by atoms with Crippen LogP contribution >= 0.6 is 15.9 Å². The molecule has 0 saturated heterocycles. The third-order valence-electron chi connectivity index (χ3n) is 3.09. The van der Waals surface area contributed by atoms with E-state index in [4.69, 9.17) is 0 Å². The van der Waals surface area contributed by atoms with Gasteiger partial charge < -0.3 is 0 Å². The van der Waals surface area contributed by atoms with Gasteiger partial charge in [0.05, 0.1) is 11.4 Å². The van der Waals surface area contributed by atoms with Crippen LogP contribution in [-0.2, 0) is 0 Å². The zero-order valence-corrected chi connectivity index (χ0v) is 12.8. The molecule has 1 aromatic carbocycles. The van der Waals surface area contributed by atoms with E-state index in [0.717, 1.165) is 32.9 Å². The minimum atomic E-state index is 0.754. The quantitative estimate of drug-likeness (QED) is 0.601. The number of pyridine rings is 1. The Kier molecular flexibility index (Phi) is 3.36. The molecule has 0 unspecified atom stereocenters. The van der Waals surface area contributed by atoms with Gasteiger partial charge in [0, 0.05) is 10.7 Å². The lowest BCUT2D eigenvalue weighted by Gasteiger charge is -1.99. The van der Waals surface area contributed by atoms with E-state index >= 15 is 0 Å². The summed E-state index contributed by atoms with van der Waals surface area (Å²) in [5, 5.41) is 8.71. The Morgan fingerprint density at radius 2 is 1.85 bits per heavy atom. The van der Waals surface area contributed by atoms with Gasteiger partial charge in [0.15, 0.2) is 5.82 Å². The molecule has 100 valence electrons. The van der Waals surface area contributed by atoms with E-state index < -0.39 is 0 Å². The van der Waals surface area contributed by atoms with E-state index in [1.54, 1.807) is 0 Å². The van der Waals surface area contributed by atoms with Crippen molar-refractivity contribution in [3.8, 4) is 0 Å². The molecule has 20 heavy (non-hydrogen) atoms. The smallest absolute Gasteiger partial charge is 0.182 e. The largest absolute Gasteiger partial charge is 0.282 e. The van der Waals surface area contributed by atoms with Gasteiger partial charge in [-0.15, -0.1) is 10.2 Å². The number of benzene rings is 1. The fraction of sp³-hybridized carbons (Fsp3) is 0.133. The Morgan fingerprint density at radius 1 is 1.05 bits per heavy atom. The molecule has 3 aromatic rings. The van der Waals surface area contributed by atoms with Crippen molar-refractivity contribution in [2.24, 2.45) is 10.2 Å². The van der Waals surface area contributed by atoms with Crippen molar-refractivity contribution >= 4 is 33.1 Å². The van der Waals surface area contributed by atoms with Gasteiger partial charge in [0.25, 0.3) is 0 Å². The van der Waals surface area contributed by atoms with Crippen molar-refractivity contribution in [2.75, 3.05) is 0 Å². The molecule has 3 rings (SSSR count). The average molecular weight is 329 g/mol. The molecule has 2 aromatic heterocycles. The Balaban J connectivity index is 2.09. The highest BCUT2D eigenvalue weighted by molar-refractivity contribution is 9.10.